The van der Waals surface area contributed by atoms with Crippen molar-refractivity contribution in [3.8, 4) is 16.8 Å². The monoisotopic (exact) mass is 859 g/mol. The van der Waals surface area contributed by atoms with Crippen LogP contribution in [0.3, 0.4) is 0 Å². The number of imidazole rings is 1. The number of nitrogen functional groups attached to an aromatic ring is 1. The van der Waals surface area contributed by atoms with Gasteiger partial charge in [-0.15, -0.1) is 11.3 Å². The SMILES string of the molecule is COc1nc(N2CCN(CCOCCOCCOCCC3(C(=O)Oc4scc5[nH]cnc45)CCCO3)CC2)nc(OC)c1Sc1nc(N)cc(NC(=O)CCN(C)C)n1. The van der Waals surface area contributed by atoms with E-state index in [4.69, 9.17) is 48.9 Å². The number of hydrogen-bond donors (Lipinski definition) is 3. The lowest BCUT2D eigenvalue weighted by Gasteiger charge is -2.34. The lowest BCUT2D eigenvalue weighted by molar-refractivity contribution is -0.159. The van der Waals surface area contributed by atoms with Crippen molar-refractivity contribution in [1.29, 1.82) is 0 Å². The summed E-state index contributed by atoms with van der Waals surface area (Å²) >= 11 is 2.46. The molecule has 1 amide bonds. The number of aromatic amines is 1. The van der Waals surface area contributed by atoms with Crippen LogP contribution in [0.5, 0.6) is 16.8 Å². The van der Waals surface area contributed by atoms with E-state index in [9.17, 15) is 9.59 Å². The Balaban J connectivity index is 0.856. The number of nitrogens with one attached hydrogen (secondary N) is 2. The maximum Gasteiger partial charge on any atom is 0.344 e. The summed E-state index contributed by atoms with van der Waals surface area (Å²) in [6, 6.07) is 1.50. The van der Waals surface area contributed by atoms with Crippen LogP contribution in [-0.4, -0.2) is 171 Å². The van der Waals surface area contributed by atoms with Gasteiger partial charge in [-0.1, -0.05) is 0 Å². The van der Waals surface area contributed by atoms with Crippen molar-refractivity contribution in [2.45, 2.75) is 41.3 Å². The second-order valence-corrected chi connectivity index (χ2v) is 15.8. The molecule has 0 spiro atoms. The van der Waals surface area contributed by atoms with Gasteiger partial charge in [0.1, 0.15) is 22.0 Å². The summed E-state index contributed by atoms with van der Waals surface area (Å²) in [5.74, 6) is 1.01. The Morgan fingerprint density at radius 1 is 1.00 bits per heavy atom. The molecule has 0 bridgehead atoms. The summed E-state index contributed by atoms with van der Waals surface area (Å²) in [5.41, 5.74) is 6.51. The number of nitrogens with two attached hydrogens (primary N) is 1. The van der Waals surface area contributed by atoms with Gasteiger partial charge in [0.2, 0.25) is 28.7 Å². The van der Waals surface area contributed by atoms with Crippen LogP contribution in [0.25, 0.3) is 11.0 Å². The third-order valence-electron chi connectivity index (χ3n) is 9.56. The number of carbonyl (C=O) groups excluding carboxylic acids is 2. The topological polar surface area (TPSA) is 227 Å². The fourth-order valence-electron chi connectivity index (χ4n) is 6.36. The number of piperazine rings is 1. The first kappa shape index (κ1) is 44.1. The number of H-pyrrole nitrogens is 1. The number of methoxy groups -OCH3 is 2. The number of esters is 1. The number of carbonyl (C=O) groups is 2. The molecule has 6 heterocycles. The summed E-state index contributed by atoms with van der Waals surface area (Å²) in [6.07, 6.45) is 3.67. The molecule has 4 aromatic heterocycles. The van der Waals surface area contributed by atoms with Crippen molar-refractivity contribution in [2.24, 2.45) is 0 Å². The van der Waals surface area contributed by atoms with Crippen molar-refractivity contribution in [3.63, 3.8) is 0 Å². The van der Waals surface area contributed by atoms with Crippen molar-refractivity contribution < 1.29 is 42.7 Å². The summed E-state index contributed by atoms with van der Waals surface area (Å²) < 4.78 is 40.2. The molecule has 2 aliphatic heterocycles. The highest BCUT2D eigenvalue weighted by Crippen LogP contribution is 2.40. The molecule has 2 saturated heterocycles. The molecule has 1 atom stereocenters. The fraction of sp³-hybridized carbons (Fsp3) is 0.595. The molecule has 6 rings (SSSR count). The number of fused-ring (bicyclic) bond motifs is 1. The first-order valence-corrected chi connectivity index (χ1v) is 21.1. The van der Waals surface area contributed by atoms with E-state index >= 15 is 0 Å². The lowest BCUT2D eigenvalue weighted by atomic mass is 9.96. The molecule has 4 aromatic rings. The number of thiophene rings is 1. The van der Waals surface area contributed by atoms with Gasteiger partial charge in [0, 0.05) is 70.2 Å². The highest BCUT2D eigenvalue weighted by molar-refractivity contribution is 7.99. The molecule has 2 aliphatic rings. The van der Waals surface area contributed by atoms with Crippen molar-refractivity contribution in [3.05, 3.63) is 17.8 Å². The molecule has 0 radical (unpaired) electrons. The number of amides is 1. The van der Waals surface area contributed by atoms with Crippen LogP contribution in [0, 0.1) is 0 Å². The maximum atomic E-state index is 13.1. The normalized spacial score (nSPS) is 17.2. The summed E-state index contributed by atoms with van der Waals surface area (Å²) in [7, 11) is 6.85. The zero-order chi connectivity index (χ0) is 41.6. The van der Waals surface area contributed by atoms with E-state index in [2.05, 4.69) is 35.1 Å². The van der Waals surface area contributed by atoms with Gasteiger partial charge in [-0.3, -0.25) is 9.69 Å². The quantitative estimate of drug-likeness (QED) is 0.0553. The molecule has 0 aliphatic carbocycles. The van der Waals surface area contributed by atoms with E-state index < -0.39 is 11.6 Å². The van der Waals surface area contributed by atoms with Crippen LogP contribution < -0.4 is 30.2 Å². The van der Waals surface area contributed by atoms with E-state index in [1.807, 2.05) is 24.4 Å². The minimum Gasteiger partial charge on any atom is -0.480 e. The van der Waals surface area contributed by atoms with Crippen LogP contribution in [0.2, 0.25) is 0 Å². The summed E-state index contributed by atoms with van der Waals surface area (Å²) in [4.78, 5) is 57.7. The number of rotatable bonds is 23. The largest absolute Gasteiger partial charge is 0.480 e. The first-order valence-electron chi connectivity index (χ1n) is 19.4. The van der Waals surface area contributed by atoms with Gasteiger partial charge in [0.15, 0.2) is 10.8 Å². The Hall–Kier alpha value is -4.42. The Morgan fingerprint density at radius 3 is 2.39 bits per heavy atom. The van der Waals surface area contributed by atoms with E-state index in [0.29, 0.717) is 124 Å². The Bertz CT molecular complexity index is 1950. The van der Waals surface area contributed by atoms with E-state index in [1.54, 1.807) is 6.33 Å². The Labute approximate surface area is 350 Å². The molecule has 2 fully saturated rings. The predicted octanol–water partition coefficient (Wildman–Crippen LogP) is 2.56. The number of hydrogen-bond acceptors (Lipinski definition) is 20. The van der Waals surface area contributed by atoms with Crippen LogP contribution >= 0.6 is 23.1 Å². The van der Waals surface area contributed by atoms with Crippen molar-refractivity contribution in [1.82, 2.24) is 39.7 Å². The fourth-order valence-corrected chi connectivity index (χ4v) is 8.07. The number of anilines is 3. The van der Waals surface area contributed by atoms with E-state index in [0.717, 1.165) is 43.3 Å². The second-order valence-electron chi connectivity index (χ2n) is 14.0. The zero-order valence-electron chi connectivity index (χ0n) is 33.9. The highest BCUT2D eigenvalue weighted by Gasteiger charge is 2.44. The minimum absolute atomic E-state index is 0.182. The van der Waals surface area contributed by atoms with Gasteiger partial charge in [-0.2, -0.15) is 9.97 Å². The minimum atomic E-state index is -1.01. The highest BCUT2D eigenvalue weighted by atomic mass is 32.2. The zero-order valence-corrected chi connectivity index (χ0v) is 35.5. The molecule has 0 aromatic carbocycles. The van der Waals surface area contributed by atoms with Gasteiger partial charge in [0.05, 0.1) is 65.7 Å². The molecule has 59 heavy (non-hydrogen) atoms. The standard InChI is InChI=1S/C37H53N11O9S2/c1-46(2)9-6-28(49)42-27-22-26(38)41-36(43-27)59-30-31(51-3)44-35(45-32(30)52-4)48-12-10-47(11-13-48)14-17-54-19-21-55-20-18-53-16-8-37(7-5-15-56-37)34(50)57-33-29-25(23-58-33)39-24-40-29/h22-24H,5-21H2,1-4H3,(H,39,40)(H3,38,41,42,43,49). The van der Waals surface area contributed by atoms with E-state index in [1.165, 1.54) is 31.6 Å². The molecule has 20 nitrogen and oxygen atoms in total. The molecular weight excluding hydrogens is 807 g/mol. The van der Waals surface area contributed by atoms with Gasteiger partial charge >= 0.3 is 5.97 Å². The van der Waals surface area contributed by atoms with Gasteiger partial charge in [-0.25, -0.2) is 19.7 Å². The number of nitrogens with zero attached hydrogens (tertiary/aromatic N) is 8. The Kier molecular flexibility index (Phi) is 16.3. The lowest BCUT2D eigenvalue weighted by Crippen LogP contribution is -2.48. The average Bonchev–Trinajstić information content (AvgIpc) is 3.99. The Morgan fingerprint density at radius 2 is 1.71 bits per heavy atom. The van der Waals surface area contributed by atoms with Crippen LogP contribution in [0.4, 0.5) is 17.6 Å². The predicted molar refractivity (Wildman–Crippen MR) is 221 cm³/mol. The first-order chi connectivity index (χ1) is 28.7. The maximum absolute atomic E-state index is 13.1. The van der Waals surface area contributed by atoms with Crippen LogP contribution in [0.1, 0.15) is 25.7 Å². The molecule has 0 saturated carbocycles. The summed E-state index contributed by atoms with van der Waals surface area (Å²) in [6.45, 7) is 7.56. The molecular formula is C37H53N11O9S2. The number of ether oxygens (including phenoxy) is 7. The second kappa shape index (κ2) is 21.7. The molecule has 1 unspecified atom stereocenters. The number of aromatic nitrogens is 6. The van der Waals surface area contributed by atoms with Crippen molar-refractivity contribution >= 4 is 63.6 Å². The van der Waals surface area contributed by atoms with Gasteiger partial charge in [0.25, 0.3) is 0 Å². The molecule has 322 valence electrons. The van der Waals surface area contributed by atoms with Gasteiger partial charge < -0.3 is 59.0 Å². The third kappa shape index (κ3) is 12.3. The van der Waals surface area contributed by atoms with E-state index in [-0.39, 0.29) is 16.9 Å². The van der Waals surface area contributed by atoms with Crippen LogP contribution in [0.15, 0.2) is 27.8 Å². The van der Waals surface area contributed by atoms with Gasteiger partial charge in [-0.05, 0) is 38.7 Å². The van der Waals surface area contributed by atoms with Crippen LogP contribution in [-0.2, 0) is 28.5 Å². The summed E-state index contributed by atoms with van der Waals surface area (Å²) in [5, 5.41) is 5.39. The van der Waals surface area contributed by atoms with Crippen molar-refractivity contribution in [2.75, 3.05) is 130 Å². The average molecular weight is 860 g/mol. The third-order valence-corrected chi connectivity index (χ3v) is 11.3. The smallest absolute Gasteiger partial charge is 0.344 e. The molecule has 22 heteroatoms. The molecule has 4 N–H and O–H groups in total.